The average molecular weight is 486 g/mol. The summed E-state index contributed by atoms with van der Waals surface area (Å²) in [7, 11) is -3.73. The number of fused-ring (bicyclic) bond motifs is 2. The molecule has 34 heavy (non-hydrogen) atoms. The molecular formula is C24H23NO8S. The van der Waals surface area contributed by atoms with Gasteiger partial charge in [-0.25, -0.2) is 13.2 Å². The first-order valence-electron chi connectivity index (χ1n) is 11.0. The zero-order valence-corrected chi connectivity index (χ0v) is 19.3. The number of piperidine rings is 1. The van der Waals surface area contributed by atoms with Crippen molar-refractivity contribution >= 4 is 27.0 Å². The van der Waals surface area contributed by atoms with Gasteiger partial charge >= 0.3 is 11.6 Å². The number of carbonyl (C=O) groups excluding carboxylic acids is 1. The molecule has 0 unspecified atom stereocenters. The van der Waals surface area contributed by atoms with Crippen LogP contribution < -0.4 is 19.8 Å². The molecule has 0 saturated carbocycles. The molecule has 0 atom stereocenters. The number of ether oxygens (including phenoxy) is 3. The second-order valence-corrected chi connectivity index (χ2v) is 10.2. The van der Waals surface area contributed by atoms with Gasteiger partial charge in [-0.05, 0) is 49.6 Å². The highest BCUT2D eigenvalue weighted by Gasteiger charge is 2.33. The Labute approximate surface area is 195 Å². The number of esters is 1. The fourth-order valence-corrected chi connectivity index (χ4v) is 5.72. The van der Waals surface area contributed by atoms with Gasteiger partial charge in [0.25, 0.3) is 0 Å². The summed E-state index contributed by atoms with van der Waals surface area (Å²) in [5, 5.41) is 0.761. The molecule has 178 valence electrons. The molecule has 10 heteroatoms. The van der Waals surface area contributed by atoms with E-state index in [9.17, 15) is 18.0 Å². The van der Waals surface area contributed by atoms with E-state index in [1.54, 1.807) is 25.1 Å². The van der Waals surface area contributed by atoms with Gasteiger partial charge < -0.3 is 18.6 Å². The van der Waals surface area contributed by atoms with Crippen LogP contribution in [0.2, 0.25) is 0 Å². The normalized spacial score (nSPS) is 17.0. The maximum absolute atomic E-state index is 13.1. The minimum atomic E-state index is -3.73. The van der Waals surface area contributed by atoms with Gasteiger partial charge in [-0.2, -0.15) is 4.31 Å². The van der Waals surface area contributed by atoms with Crippen LogP contribution in [-0.4, -0.2) is 45.0 Å². The largest absolute Gasteiger partial charge is 0.486 e. The maximum Gasteiger partial charge on any atom is 0.336 e. The van der Waals surface area contributed by atoms with Gasteiger partial charge in [0.1, 0.15) is 24.5 Å². The first-order valence-corrected chi connectivity index (χ1v) is 12.4. The predicted molar refractivity (Wildman–Crippen MR) is 122 cm³/mol. The van der Waals surface area contributed by atoms with Crippen LogP contribution in [0.5, 0.6) is 17.2 Å². The van der Waals surface area contributed by atoms with Crippen LogP contribution in [-0.2, 0) is 14.8 Å². The van der Waals surface area contributed by atoms with Gasteiger partial charge in [-0.1, -0.05) is 0 Å². The van der Waals surface area contributed by atoms with Crippen molar-refractivity contribution in [1.29, 1.82) is 0 Å². The Morgan fingerprint density at radius 2 is 1.74 bits per heavy atom. The van der Waals surface area contributed by atoms with Crippen LogP contribution in [0.15, 0.2) is 56.6 Å². The quantitative estimate of drug-likeness (QED) is 0.315. The summed E-state index contributed by atoms with van der Waals surface area (Å²) in [6.45, 7) is 2.99. The third kappa shape index (κ3) is 4.26. The van der Waals surface area contributed by atoms with Crippen molar-refractivity contribution in [3.05, 3.63) is 58.4 Å². The van der Waals surface area contributed by atoms with Crippen LogP contribution >= 0.6 is 0 Å². The van der Waals surface area contributed by atoms with Crippen molar-refractivity contribution in [2.24, 2.45) is 5.92 Å². The highest BCUT2D eigenvalue weighted by molar-refractivity contribution is 7.89. The lowest BCUT2D eigenvalue weighted by Crippen LogP contribution is -2.41. The summed E-state index contributed by atoms with van der Waals surface area (Å²) >= 11 is 0. The number of nitrogens with zero attached hydrogens (tertiary/aromatic N) is 1. The minimum Gasteiger partial charge on any atom is -0.486 e. The van der Waals surface area contributed by atoms with Crippen LogP contribution in [0, 0.1) is 12.8 Å². The molecule has 2 aliphatic heterocycles. The van der Waals surface area contributed by atoms with Crippen molar-refractivity contribution in [2.75, 3.05) is 26.3 Å². The monoisotopic (exact) mass is 485 g/mol. The highest BCUT2D eigenvalue weighted by Crippen LogP contribution is 2.34. The Morgan fingerprint density at radius 1 is 1.00 bits per heavy atom. The Bertz CT molecular complexity index is 1420. The lowest BCUT2D eigenvalue weighted by molar-refractivity contribution is -0.140. The Kier molecular flexibility index (Phi) is 5.78. The van der Waals surface area contributed by atoms with E-state index in [0.717, 1.165) is 10.9 Å². The lowest BCUT2D eigenvalue weighted by atomic mass is 9.98. The van der Waals surface area contributed by atoms with Gasteiger partial charge in [0, 0.05) is 36.7 Å². The number of carbonyl (C=O) groups is 1. The van der Waals surface area contributed by atoms with Crippen LogP contribution in [0.25, 0.3) is 11.0 Å². The molecule has 0 aliphatic carbocycles. The molecule has 1 saturated heterocycles. The minimum absolute atomic E-state index is 0.130. The molecule has 0 N–H and O–H groups in total. The highest BCUT2D eigenvalue weighted by atomic mass is 32.2. The molecule has 9 nitrogen and oxygen atoms in total. The fraction of sp³-hybridized carbons (Fsp3) is 0.333. The summed E-state index contributed by atoms with van der Waals surface area (Å²) in [5.74, 6) is 0.331. The van der Waals surface area contributed by atoms with E-state index in [4.69, 9.17) is 18.6 Å². The SMILES string of the molecule is Cc1cc(=O)oc2cc(OC(=O)C3CCN(S(=O)(=O)c4ccc5c(c4)OCCO5)CC3)ccc12. The van der Waals surface area contributed by atoms with Crippen LogP contribution in [0.4, 0.5) is 0 Å². The fourth-order valence-electron chi connectivity index (χ4n) is 4.23. The van der Waals surface area contributed by atoms with Gasteiger partial charge in [-0.15, -0.1) is 0 Å². The summed E-state index contributed by atoms with van der Waals surface area (Å²) in [5.41, 5.74) is 0.645. The number of benzene rings is 2. The molecule has 2 aliphatic rings. The smallest absolute Gasteiger partial charge is 0.336 e. The summed E-state index contributed by atoms with van der Waals surface area (Å²) < 4.78 is 49.2. The Hall–Kier alpha value is -3.37. The van der Waals surface area contributed by atoms with Gasteiger partial charge in [0.15, 0.2) is 11.5 Å². The molecule has 3 heterocycles. The molecule has 0 radical (unpaired) electrons. The van der Waals surface area contributed by atoms with E-state index >= 15 is 0 Å². The molecule has 0 amide bonds. The molecule has 0 spiro atoms. The lowest BCUT2D eigenvalue weighted by Gasteiger charge is -2.30. The van der Waals surface area contributed by atoms with Crippen LogP contribution in [0.3, 0.4) is 0 Å². The van der Waals surface area contributed by atoms with E-state index in [-0.39, 0.29) is 23.7 Å². The standard InChI is InChI=1S/C24H23NO8S/c1-15-12-23(26)33-21-13-17(2-4-19(15)21)32-24(27)16-6-8-25(9-7-16)34(28,29)18-3-5-20-22(14-18)31-11-10-30-20/h2-5,12-14,16H,6-11H2,1H3. The van der Waals surface area contributed by atoms with Crippen molar-refractivity contribution in [3.8, 4) is 17.2 Å². The number of hydrogen-bond donors (Lipinski definition) is 0. The first kappa shape index (κ1) is 22.4. The van der Waals surface area contributed by atoms with Crippen molar-refractivity contribution < 1.29 is 31.8 Å². The second kappa shape index (κ2) is 8.77. The second-order valence-electron chi connectivity index (χ2n) is 8.31. The summed E-state index contributed by atoms with van der Waals surface area (Å²) in [4.78, 5) is 24.5. The molecule has 1 fully saturated rings. The molecular weight excluding hydrogens is 462 g/mol. The molecule has 1 aromatic heterocycles. The van der Waals surface area contributed by atoms with Gasteiger partial charge in [-0.3, -0.25) is 4.79 Å². The first-order chi connectivity index (χ1) is 16.3. The molecule has 2 aromatic carbocycles. The third-order valence-electron chi connectivity index (χ3n) is 6.08. The van der Waals surface area contributed by atoms with E-state index in [0.29, 0.717) is 43.1 Å². The molecule has 3 aromatic rings. The van der Waals surface area contributed by atoms with E-state index < -0.39 is 27.5 Å². The Balaban J connectivity index is 1.24. The zero-order chi connectivity index (χ0) is 23.9. The van der Waals surface area contributed by atoms with E-state index in [2.05, 4.69) is 0 Å². The summed E-state index contributed by atoms with van der Waals surface area (Å²) in [6, 6.07) is 10.9. The number of hydrogen-bond acceptors (Lipinski definition) is 8. The number of rotatable bonds is 4. The zero-order valence-electron chi connectivity index (χ0n) is 18.5. The third-order valence-corrected chi connectivity index (χ3v) is 7.97. The predicted octanol–water partition coefficient (Wildman–Crippen LogP) is 2.88. The molecule has 0 bridgehead atoms. The van der Waals surface area contributed by atoms with Gasteiger partial charge in [0.2, 0.25) is 10.0 Å². The number of aryl methyl sites for hydroxylation is 1. The summed E-state index contributed by atoms with van der Waals surface area (Å²) in [6.07, 6.45) is 0.675. The van der Waals surface area contributed by atoms with Crippen molar-refractivity contribution in [3.63, 3.8) is 0 Å². The maximum atomic E-state index is 13.1. The van der Waals surface area contributed by atoms with E-state index in [1.807, 2.05) is 0 Å². The molecule has 5 rings (SSSR count). The van der Waals surface area contributed by atoms with Gasteiger partial charge in [0.05, 0.1) is 10.8 Å². The van der Waals surface area contributed by atoms with E-state index in [1.165, 1.54) is 28.6 Å². The van der Waals surface area contributed by atoms with Crippen molar-refractivity contribution in [2.45, 2.75) is 24.7 Å². The van der Waals surface area contributed by atoms with Crippen molar-refractivity contribution in [1.82, 2.24) is 4.31 Å². The topological polar surface area (TPSA) is 112 Å². The average Bonchev–Trinajstić information content (AvgIpc) is 2.83. The van der Waals surface area contributed by atoms with Crippen LogP contribution in [0.1, 0.15) is 18.4 Å². The Morgan fingerprint density at radius 3 is 2.50 bits per heavy atom. The number of sulfonamides is 1.